The van der Waals surface area contributed by atoms with Crippen LogP contribution in [0.5, 0.6) is 5.75 Å². The van der Waals surface area contributed by atoms with Crippen molar-refractivity contribution >= 4 is 5.91 Å². The maximum Gasteiger partial charge on any atom is 0.269 e. The molecule has 1 aliphatic heterocycles. The van der Waals surface area contributed by atoms with Gasteiger partial charge >= 0.3 is 0 Å². The molecule has 0 bridgehead atoms. The van der Waals surface area contributed by atoms with Crippen LogP contribution < -0.4 is 10.1 Å². The molecular weight excluding hydrogens is 314 g/mol. The SMILES string of the molecule is CC(C)(C)n1nc(C2CC2)cc1C(=O)NC[C@@H]1Cc2ccccc2O1. The Hall–Kier alpha value is -2.30. The van der Waals surface area contributed by atoms with Gasteiger partial charge in [-0.1, -0.05) is 18.2 Å². The van der Waals surface area contributed by atoms with Gasteiger partial charge in [-0.25, -0.2) is 0 Å². The smallest absolute Gasteiger partial charge is 0.269 e. The summed E-state index contributed by atoms with van der Waals surface area (Å²) in [5, 5.41) is 7.74. The second-order valence-corrected chi connectivity index (χ2v) is 8.07. The molecule has 1 amide bonds. The normalized spacial score (nSPS) is 19.4. The fraction of sp³-hybridized carbons (Fsp3) is 0.500. The van der Waals surface area contributed by atoms with Crippen molar-refractivity contribution in [3.05, 3.63) is 47.3 Å². The summed E-state index contributed by atoms with van der Waals surface area (Å²) < 4.78 is 7.77. The second-order valence-electron chi connectivity index (χ2n) is 8.07. The number of ether oxygens (including phenoxy) is 1. The van der Waals surface area contributed by atoms with Crippen LogP contribution in [-0.2, 0) is 12.0 Å². The van der Waals surface area contributed by atoms with E-state index in [1.165, 1.54) is 18.4 Å². The van der Waals surface area contributed by atoms with E-state index < -0.39 is 0 Å². The summed E-state index contributed by atoms with van der Waals surface area (Å²) in [7, 11) is 0. The quantitative estimate of drug-likeness (QED) is 0.930. The number of para-hydroxylation sites is 1. The first-order valence-corrected chi connectivity index (χ1v) is 9.05. The Morgan fingerprint density at radius 1 is 1.32 bits per heavy atom. The van der Waals surface area contributed by atoms with Gasteiger partial charge in [0, 0.05) is 12.3 Å². The van der Waals surface area contributed by atoms with E-state index in [1.807, 2.05) is 28.9 Å². The van der Waals surface area contributed by atoms with Crippen LogP contribution in [0.3, 0.4) is 0 Å². The van der Waals surface area contributed by atoms with Crippen LogP contribution >= 0.6 is 0 Å². The first-order chi connectivity index (χ1) is 11.9. The number of carbonyl (C=O) groups excluding carboxylic acids is 1. The lowest BCUT2D eigenvalue weighted by atomic mass is 10.1. The lowest BCUT2D eigenvalue weighted by Gasteiger charge is -2.22. The molecule has 0 radical (unpaired) electrons. The molecule has 2 aromatic rings. The van der Waals surface area contributed by atoms with Crippen molar-refractivity contribution in [2.24, 2.45) is 0 Å². The van der Waals surface area contributed by atoms with Crippen molar-refractivity contribution in [1.82, 2.24) is 15.1 Å². The van der Waals surface area contributed by atoms with E-state index in [9.17, 15) is 4.79 Å². The van der Waals surface area contributed by atoms with Crippen molar-refractivity contribution in [1.29, 1.82) is 0 Å². The molecule has 1 aromatic heterocycles. The number of nitrogens with zero attached hydrogens (tertiary/aromatic N) is 2. The third-order valence-electron chi connectivity index (χ3n) is 4.80. The predicted molar refractivity (Wildman–Crippen MR) is 96.1 cm³/mol. The van der Waals surface area contributed by atoms with E-state index in [-0.39, 0.29) is 17.6 Å². The van der Waals surface area contributed by atoms with Gasteiger partial charge in [0.1, 0.15) is 17.5 Å². The van der Waals surface area contributed by atoms with Gasteiger partial charge < -0.3 is 10.1 Å². The highest BCUT2D eigenvalue weighted by Crippen LogP contribution is 2.40. The van der Waals surface area contributed by atoms with Crippen molar-refractivity contribution in [2.75, 3.05) is 6.54 Å². The number of aromatic nitrogens is 2. The minimum absolute atomic E-state index is 0.00439. The number of fused-ring (bicyclic) bond motifs is 1. The van der Waals surface area contributed by atoms with Crippen LogP contribution in [0.25, 0.3) is 0 Å². The highest BCUT2D eigenvalue weighted by Gasteiger charge is 2.31. The third kappa shape index (κ3) is 3.28. The Bertz CT molecular complexity index is 775. The average molecular weight is 339 g/mol. The Morgan fingerprint density at radius 2 is 2.08 bits per heavy atom. The van der Waals surface area contributed by atoms with Gasteiger partial charge in [0.2, 0.25) is 0 Å². The number of hydrogen-bond acceptors (Lipinski definition) is 3. The largest absolute Gasteiger partial charge is 0.488 e. The molecule has 1 fully saturated rings. The van der Waals surface area contributed by atoms with E-state index in [4.69, 9.17) is 9.84 Å². The maximum atomic E-state index is 12.8. The highest BCUT2D eigenvalue weighted by molar-refractivity contribution is 5.92. The Kier molecular flexibility index (Phi) is 3.82. The zero-order valence-electron chi connectivity index (χ0n) is 15.1. The van der Waals surface area contributed by atoms with E-state index >= 15 is 0 Å². The molecule has 132 valence electrons. The van der Waals surface area contributed by atoms with Gasteiger partial charge in [-0.05, 0) is 51.3 Å². The zero-order valence-corrected chi connectivity index (χ0v) is 15.1. The van der Waals surface area contributed by atoms with Gasteiger partial charge in [-0.2, -0.15) is 5.10 Å². The predicted octanol–water partition coefficient (Wildman–Crippen LogP) is 3.25. The van der Waals surface area contributed by atoms with Crippen LogP contribution in [0.4, 0.5) is 0 Å². The first kappa shape index (κ1) is 16.2. The molecule has 25 heavy (non-hydrogen) atoms. The molecule has 4 rings (SSSR count). The second kappa shape index (κ2) is 5.90. The molecule has 0 spiro atoms. The average Bonchev–Trinajstić information content (AvgIpc) is 3.17. The van der Waals surface area contributed by atoms with Crippen molar-refractivity contribution < 1.29 is 9.53 Å². The summed E-state index contributed by atoms with van der Waals surface area (Å²) in [6.45, 7) is 6.72. The molecule has 1 aliphatic carbocycles. The van der Waals surface area contributed by atoms with E-state index in [2.05, 4.69) is 32.2 Å². The summed E-state index contributed by atoms with van der Waals surface area (Å²) in [6, 6.07) is 10.0. The zero-order chi connectivity index (χ0) is 17.6. The lowest BCUT2D eigenvalue weighted by molar-refractivity contribution is 0.0915. The first-order valence-electron chi connectivity index (χ1n) is 9.05. The minimum Gasteiger partial charge on any atom is -0.488 e. The number of hydrogen-bond donors (Lipinski definition) is 1. The molecule has 0 unspecified atom stereocenters. The molecule has 1 aromatic carbocycles. The van der Waals surface area contributed by atoms with Crippen LogP contribution in [0.2, 0.25) is 0 Å². The van der Waals surface area contributed by atoms with Crippen molar-refractivity contribution in [3.63, 3.8) is 0 Å². The highest BCUT2D eigenvalue weighted by atomic mass is 16.5. The molecule has 5 nitrogen and oxygen atoms in total. The van der Waals surface area contributed by atoms with Crippen molar-refractivity contribution in [3.8, 4) is 5.75 Å². The van der Waals surface area contributed by atoms with Gasteiger partial charge in [-0.15, -0.1) is 0 Å². The van der Waals surface area contributed by atoms with Crippen LogP contribution in [0.1, 0.15) is 61.3 Å². The molecule has 2 heterocycles. The topological polar surface area (TPSA) is 56.2 Å². The molecule has 1 atom stereocenters. The fourth-order valence-corrected chi connectivity index (χ4v) is 3.32. The molecule has 5 heteroatoms. The van der Waals surface area contributed by atoms with Crippen LogP contribution in [0, 0.1) is 0 Å². The standard InChI is InChI=1S/C20H25N3O2/c1-20(2,3)23-17(11-16(22-23)13-8-9-13)19(24)21-12-15-10-14-6-4-5-7-18(14)25-15/h4-7,11,13,15H,8-10,12H2,1-3H3,(H,21,24)/t15-/m0/s1. The molecule has 0 saturated heterocycles. The maximum absolute atomic E-state index is 12.8. The van der Waals surface area contributed by atoms with Crippen LogP contribution in [0.15, 0.2) is 30.3 Å². The Balaban J connectivity index is 1.45. The van der Waals surface area contributed by atoms with Crippen molar-refractivity contribution in [2.45, 2.75) is 57.6 Å². The van der Waals surface area contributed by atoms with Gasteiger partial charge in [-0.3, -0.25) is 9.48 Å². The van der Waals surface area contributed by atoms with E-state index in [0.29, 0.717) is 18.2 Å². The summed E-state index contributed by atoms with van der Waals surface area (Å²) in [5.74, 6) is 1.38. The summed E-state index contributed by atoms with van der Waals surface area (Å²) in [5.41, 5.74) is 2.67. The summed E-state index contributed by atoms with van der Waals surface area (Å²) >= 11 is 0. The number of carbonyl (C=O) groups is 1. The molecular formula is C20H25N3O2. The van der Waals surface area contributed by atoms with Gasteiger partial charge in [0.15, 0.2) is 0 Å². The number of amides is 1. The van der Waals surface area contributed by atoms with Crippen LogP contribution in [-0.4, -0.2) is 28.3 Å². The third-order valence-corrected chi connectivity index (χ3v) is 4.80. The minimum atomic E-state index is -0.222. The van der Waals surface area contributed by atoms with Gasteiger partial charge in [0.25, 0.3) is 5.91 Å². The molecule has 1 N–H and O–H groups in total. The Morgan fingerprint density at radius 3 is 2.76 bits per heavy atom. The number of benzene rings is 1. The fourth-order valence-electron chi connectivity index (χ4n) is 3.32. The Labute approximate surface area is 148 Å². The molecule has 2 aliphatic rings. The lowest BCUT2D eigenvalue weighted by Crippen LogP contribution is -2.37. The number of nitrogens with one attached hydrogen (secondary N) is 1. The van der Waals surface area contributed by atoms with E-state index in [1.54, 1.807) is 0 Å². The monoisotopic (exact) mass is 339 g/mol. The number of rotatable bonds is 4. The summed E-state index contributed by atoms with van der Waals surface area (Å²) in [4.78, 5) is 12.8. The molecule has 1 saturated carbocycles. The van der Waals surface area contributed by atoms with Gasteiger partial charge in [0.05, 0.1) is 17.8 Å². The van der Waals surface area contributed by atoms with E-state index in [0.717, 1.165) is 17.9 Å². The summed E-state index contributed by atoms with van der Waals surface area (Å²) in [6.07, 6.45) is 3.19.